The molecule has 1 aromatic heterocycles. The Morgan fingerprint density at radius 3 is 2.67 bits per heavy atom. The molecule has 0 aliphatic carbocycles. The number of aromatic nitrogens is 1. The first-order chi connectivity index (χ1) is 12.8. The highest BCUT2D eigenvalue weighted by molar-refractivity contribution is 7.89. The number of fused-ring (bicyclic) bond motifs is 1. The summed E-state index contributed by atoms with van der Waals surface area (Å²) in [5.41, 5.74) is 1.04. The van der Waals surface area contributed by atoms with E-state index in [1.165, 1.54) is 42.6 Å². The van der Waals surface area contributed by atoms with Crippen molar-refractivity contribution in [3.8, 4) is 6.07 Å². The van der Waals surface area contributed by atoms with E-state index in [4.69, 9.17) is 16.9 Å². The van der Waals surface area contributed by atoms with Gasteiger partial charge in [0.05, 0.1) is 33.3 Å². The molecule has 3 rings (SSSR count). The second-order valence-electron chi connectivity index (χ2n) is 5.58. The summed E-state index contributed by atoms with van der Waals surface area (Å²) in [6.07, 6.45) is 0. The number of amides is 1. The molecule has 0 saturated carbocycles. The van der Waals surface area contributed by atoms with Crippen LogP contribution in [0, 0.1) is 11.3 Å². The first-order valence-electron chi connectivity index (χ1n) is 7.62. The number of benzene rings is 2. The van der Waals surface area contributed by atoms with Crippen LogP contribution in [0.15, 0.2) is 47.4 Å². The summed E-state index contributed by atoms with van der Waals surface area (Å²) in [6.45, 7) is -0.376. The number of hydrogen-bond acceptors (Lipinski definition) is 6. The van der Waals surface area contributed by atoms with Gasteiger partial charge in [-0.3, -0.25) is 4.79 Å². The molecule has 0 spiro atoms. The van der Waals surface area contributed by atoms with Gasteiger partial charge < -0.3 is 5.32 Å². The predicted molar refractivity (Wildman–Crippen MR) is 104 cm³/mol. The zero-order chi connectivity index (χ0) is 19.6. The number of nitriles is 1. The quantitative estimate of drug-likeness (QED) is 0.683. The van der Waals surface area contributed by atoms with Gasteiger partial charge >= 0.3 is 0 Å². The fourth-order valence-corrected chi connectivity index (χ4v) is 4.56. The topological polar surface area (TPSA) is 103 Å². The Hall–Kier alpha value is -2.51. The molecule has 1 N–H and O–H groups in total. The number of hydrogen-bond donors (Lipinski definition) is 1. The van der Waals surface area contributed by atoms with Crippen LogP contribution in [0.2, 0.25) is 5.02 Å². The SMILES string of the molecule is CN(CC(=O)Nc1nc2ccc(Cl)cc2s1)S(=O)(=O)c1ccc(C#N)cc1. The van der Waals surface area contributed by atoms with E-state index in [-0.39, 0.29) is 11.4 Å². The summed E-state index contributed by atoms with van der Waals surface area (Å²) in [4.78, 5) is 16.5. The van der Waals surface area contributed by atoms with Crippen LogP contribution in [0.3, 0.4) is 0 Å². The second kappa shape index (κ2) is 7.62. The summed E-state index contributed by atoms with van der Waals surface area (Å²) in [7, 11) is -2.54. The highest BCUT2D eigenvalue weighted by Crippen LogP contribution is 2.28. The molecule has 7 nitrogen and oxygen atoms in total. The molecule has 0 aliphatic heterocycles. The van der Waals surface area contributed by atoms with Gasteiger partial charge in [0.2, 0.25) is 15.9 Å². The van der Waals surface area contributed by atoms with Gasteiger partial charge in [-0.2, -0.15) is 9.57 Å². The molecule has 2 aromatic carbocycles. The highest BCUT2D eigenvalue weighted by Gasteiger charge is 2.23. The van der Waals surface area contributed by atoms with Gasteiger partial charge in [-0.05, 0) is 42.5 Å². The maximum atomic E-state index is 12.5. The van der Waals surface area contributed by atoms with Crippen molar-refractivity contribution in [2.24, 2.45) is 0 Å². The Morgan fingerprint density at radius 2 is 2.00 bits per heavy atom. The van der Waals surface area contributed by atoms with Crippen LogP contribution >= 0.6 is 22.9 Å². The monoisotopic (exact) mass is 420 g/mol. The molecule has 0 atom stereocenters. The van der Waals surface area contributed by atoms with Gasteiger partial charge in [0.1, 0.15) is 0 Å². The van der Waals surface area contributed by atoms with Gasteiger partial charge in [0.25, 0.3) is 0 Å². The van der Waals surface area contributed by atoms with Crippen molar-refractivity contribution in [1.29, 1.82) is 5.26 Å². The van der Waals surface area contributed by atoms with Gasteiger partial charge in [-0.25, -0.2) is 13.4 Å². The fraction of sp³-hybridized carbons (Fsp3) is 0.118. The number of rotatable bonds is 5. The molecular weight excluding hydrogens is 408 g/mol. The number of carbonyl (C=O) groups is 1. The maximum absolute atomic E-state index is 12.5. The van der Waals surface area contributed by atoms with E-state index in [1.807, 2.05) is 6.07 Å². The van der Waals surface area contributed by atoms with Crippen LogP contribution in [-0.4, -0.2) is 37.2 Å². The van der Waals surface area contributed by atoms with E-state index in [1.54, 1.807) is 18.2 Å². The largest absolute Gasteiger partial charge is 0.301 e. The number of sulfonamides is 1. The molecule has 0 bridgehead atoms. The highest BCUT2D eigenvalue weighted by atomic mass is 35.5. The van der Waals surface area contributed by atoms with E-state index in [9.17, 15) is 13.2 Å². The minimum absolute atomic E-state index is 0.00595. The van der Waals surface area contributed by atoms with Crippen LogP contribution in [0.1, 0.15) is 5.56 Å². The first-order valence-corrected chi connectivity index (χ1v) is 10.3. The molecule has 27 heavy (non-hydrogen) atoms. The third-order valence-electron chi connectivity index (χ3n) is 3.65. The lowest BCUT2D eigenvalue weighted by molar-refractivity contribution is -0.116. The molecule has 0 saturated heterocycles. The Balaban J connectivity index is 1.71. The molecule has 1 heterocycles. The molecule has 0 aliphatic rings. The molecule has 0 fully saturated rings. The average molecular weight is 421 g/mol. The van der Waals surface area contributed by atoms with E-state index in [0.29, 0.717) is 21.2 Å². The van der Waals surface area contributed by atoms with Crippen molar-refractivity contribution in [3.63, 3.8) is 0 Å². The van der Waals surface area contributed by atoms with Crippen molar-refractivity contribution >= 4 is 54.2 Å². The standard InChI is InChI=1S/C17H13ClN4O3S2/c1-22(27(24,25)13-5-2-11(9-19)3-6-13)10-16(23)21-17-20-14-7-4-12(18)8-15(14)26-17/h2-8H,10H2,1H3,(H,20,21,23). The predicted octanol–water partition coefficient (Wildman–Crippen LogP) is 3.08. The van der Waals surface area contributed by atoms with Crippen molar-refractivity contribution in [2.45, 2.75) is 4.90 Å². The molecular formula is C17H13ClN4O3S2. The van der Waals surface area contributed by atoms with Crippen molar-refractivity contribution in [3.05, 3.63) is 53.1 Å². The zero-order valence-corrected chi connectivity index (χ0v) is 16.4. The average Bonchev–Trinajstić information content (AvgIpc) is 3.02. The number of likely N-dealkylation sites (N-methyl/N-ethyl adjacent to an activating group) is 1. The van der Waals surface area contributed by atoms with Crippen molar-refractivity contribution in [2.75, 3.05) is 18.9 Å². The lowest BCUT2D eigenvalue weighted by Crippen LogP contribution is -2.34. The van der Waals surface area contributed by atoms with Crippen LogP contribution in [0.5, 0.6) is 0 Å². The van der Waals surface area contributed by atoms with E-state index >= 15 is 0 Å². The number of halogens is 1. The van der Waals surface area contributed by atoms with Crippen molar-refractivity contribution in [1.82, 2.24) is 9.29 Å². The van der Waals surface area contributed by atoms with Crippen LogP contribution in [0.4, 0.5) is 5.13 Å². The number of nitrogens with one attached hydrogen (secondary N) is 1. The molecule has 1 amide bonds. The first kappa shape index (κ1) is 19.3. The number of carbonyl (C=O) groups excluding carboxylic acids is 1. The minimum Gasteiger partial charge on any atom is -0.301 e. The summed E-state index contributed by atoms with van der Waals surface area (Å²) < 4.78 is 26.8. The van der Waals surface area contributed by atoms with Crippen LogP contribution in [-0.2, 0) is 14.8 Å². The van der Waals surface area contributed by atoms with Gasteiger partial charge in [0, 0.05) is 12.1 Å². The third kappa shape index (κ3) is 4.26. The molecule has 0 radical (unpaired) electrons. The van der Waals surface area contributed by atoms with E-state index in [2.05, 4.69) is 10.3 Å². The number of thiazole rings is 1. The summed E-state index contributed by atoms with van der Waals surface area (Å²) in [5, 5.41) is 12.3. The van der Waals surface area contributed by atoms with E-state index < -0.39 is 15.9 Å². The van der Waals surface area contributed by atoms with Gasteiger partial charge in [-0.15, -0.1) is 0 Å². The Labute approximate surface area is 164 Å². The minimum atomic E-state index is -3.85. The summed E-state index contributed by atoms with van der Waals surface area (Å²) in [5.74, 6) is -0.514. The normalized spacial score (nSPS) is 11.5. The van der Waals surface area contributed by atoms with E-state index in [0.717, 1.165) is 9.01 Å². The number of anilines is 1. The Bertz CT molecular complexity index is 1150. The molecule has 10 heteroatoms. The smallest absolute Gasteiger partial charge is 0.243 e. The van der Waals surface area contributed by atoms with Crippen LogP contribution in [0.25, 0.3) is 10.2 Å². The number of nitrogens with zero attached hydrogens (tertiary/aromatic N) is 3. The van der Waals surface area contributed by atoms with Crippen LogP contribution < -0.4 is 5.32 Å². The lowest BCUT2D eigenvalue weighted by Gasteiger charge is -2.16. The Morgan fingerprint density at radius 1 is 1.30 bits per heavy atom. The van der Waals surface area contributed by atoms with Gasteiger partial charge in [0.15, 0.2) is 5.13 Å². The summed E-state index contributed by atoms with van der Waals surface area (Å²) >= 11 is 7.18. The Kier molecular flexibility index (Phi) is 5.43. The lowest BCUT2D eigenvalue weighted by atomic mass is 10.2. The molecule has 0 unspecified atom stereocenters. The second-order valence-corrected chi connectivity index (χ2v) is 9.09. The zero-order valence-electron chi connectivity index (χ0n) is 14.0. The molecule has 3 aromatic rings. The van der Waals surface area contributed by atoms with Crippen molar-refractivity contribution < 1.29 is 13.2 Å². The van der Waals surface area contributed by atoms with Gasteiger partial charge in [-0.1, -0.05) is 22.9 Å². The fourth-order valence-electron chi connectivity index (χ4n) is 2.28. The third-order valence-corrected chi connectivity index (χ3v) is 6.64. The molecule has 138 valence electrons. The summed E-state index contributed by atoms with van der Waals surface area (Å²) in [6, 6.07) is 12.6. The maximum Gasteiger partial charge on any atom is 0.243 e.